The van der Waals surface area contributed by atoms with E-state index in [-0.39, 0.29) is 0 Å². The van der Waals surface area contributed by atoms with Gasteiger partial charge in [0.05, 0.1) is 0 Å². The first-order valence-electron chi connectivity index (χ1n) is 5.08. The lowest BCUT2D eigenvalue weighted by Crippen LogP contribution is -2.03. The summed E-state index contributed by atoms with van der Waals surface area (Å²) >= 11 is 0. The van der Waals surface area contributed by atoms with Gasteiger partial charge in [-0.2, -0.15) is 0 Å². The summed E-state index contributed by atoms with van der Waals surface area (Å²) in [6.07, 6.45) is 2.34. The van der Waals surface area contributed by atoms with Crippen molar-refractivity contribution in [3.63, 3.8) is 0 Å². The first-order valence-corrected chi connectivity index (χ1v) is 5.08. The quantitative estimate of drug-likeness (QED) is 0.765. The number of carboxylic acid groups (broad SMARTS) is 1. The highest BCUT2D eigenvalue weighted by molar-refractivity contribution is 5.92. The standard InChI is InChI=1S/C13H16O2/c1-10(2)8-12(13(14)15)9-11-6-4-3-5-7-11/h3-7,9-10H,8H2,1-2H3,(H,14,15)/b12-9+. The Morgan fingerprint density at radius 3 is 2.40 bits per heavy atom. The van der Waals surface area contributed by atoms with Gasteiger partial charge in [0.15, 0.2) is 0 Å². The van der Waals surface area contributed by atoms with Crippen molar-refractivity contribution in [2.45, 2.75) is 20.3 Å². The molecule has 0 amide bonds. The molecule has 0 saturated carbocycles. The Morgan fingerprint density at radius 1 is 1.33 bits per heavy atom. The Hall–Kier alpha value is -1.57. The summed E-state index contributed by atoms with van der Waals surface area (Å²) in [5.74, 6) is -0.469. The minimum atomic E-state index is -0.826. The molecule has 0 unspecified atom stereocenters. The molecule has 1 aromatic carbocycles. The third-order valence-electron chi connectivity index (χ3n) is 2.04. The molecule has 0 aliphatic rings. The molecule has 1 rings (SSSR count). The van der Waals surface area contributed by atoms with Gasteiger partial charge in [-0.3, -0.25) is 0 Å². The zero-order valence-electron chi connectivity index (χ0n) is 9.10. The van der Waals surface area contributed by atoms with Crippen LogP contribution in [0.3, 0.4) is 0 Å². The molecule has 0 fully saturated rings. The normalized spacial score (nSPS) is 11.8. The number of hydrogen-bond acceptors (Lipinski definition) is 1. The van der Waals surface area contributed by atoms with E-state index < -0.39 is 5.97 Å². The Bertz CT molecular complexity index is 350. The number of aliphatic carboxylic acids is 1. The molecule has 80 valence electrons. The molecule has 0 heterocycles. The highest BCUT2D eigenvalue weighted by Crippen LogP contribution is 2.15. The summed E-state index contributed by atoms with van der Waals surface area (Å²) in [7, 11) is 0. The maximum Gasteiger partial charge on any atom is 0.331 e. The van der Waals surface area contributed by atoms with Crippen molar-refractivity contribution < 1.29 is 9.90 Å². The van der Waals surface area contributed by atoms with Gasteiger partial charge in [-0.25, -0.2) is 4.79 Å². The molecule has 0 radical (unpaired) electrons. The summed E-state index contributed by atoms with van der Waals surface area (Å²) in [5, 5.41) is 9.02. The van der Waals surface area contributed by atoms with Crippen molar-refractivity contribution in [3.05, 3.63) is 41.5 Å². The van der Waals surface area contributed by atoms with E-state index in [9.17, 15) is 4.79 Å². The van der Waals surface area contributed by atoms with Gasteiger partial charge in [0.2, 0.25) is 0 Å². The number of hydrogen-bond donors (Lipinski definition) is 1. The molecule has 0 atom stereocenters. The Kier molecular flexibility index (Phi) is 4.10. The van der Waals surface area contributed by atoms with Crippen molar-refractivity contribution in [2.24, 2.45) is 5.92 Å². The maximum atomic E-state index is 11.0. The van der Waals surface area contributed by atoms with Crippen LogP contribution in [0.4, 0.5) is 0 Å². The molecular formula is C13H16O2. The van der Waals surface area contributed by atoms with Crippen molar-refractivity contribution in [3.8, 4) is 0 Å². The van der Waals surface area contributed by atoms with Crippen LogP contribution in [0, 0.1) is 5.92 Å². The molecule has 1 N–H and O–H groups in total. The Morgan fingerprint density at radius 2 is 1.93 bits per heavy atom. The maximum absolute atomic E-state index is 11.0. The van der Waals surface area contributed by atoms with Crippen molar-refractivity contribution in [1.82, 2.24) is 0 Å². The molecule has 1 aromatic rings. The molecule has 2 nitrogen and oxygen atoms in total. The predicted molar refractivity (Wildman–Crippen MR) is 61.5 cm³/mol. The second kappa shape index (κ2) is 5.35. The number of carbonyl (C=O) groups is 1. The largest absolute Gasteiger partial charge is 0.478 e. The van der Waals surface area contributed by atoms with E-state index in [1.165, 1.54) is 0 Å². The fourth-order valence-electron chi connectivity index (χ4n) is 1.40. The van der Waals surface area contributed by atoms with Crippen molar-refractivity contribution in [2.75, 3.05) is 0 Å². The van der Waals surface area contributed by atoms with Crippen LogP contribution in [0.25, 0.3) is 6.08 Å². The van der Waals surface area contributed by atoms with Gasteiger partial charge in [0.1, 0.15) is 0 Å². The van der Waals surface area contributed by atoms with E-state index in [4.69, 9.17) is 5.11 Å². The Balaban J connectivity index is 2.89. The average Bonchev–Trinajstić information content (AvgIpc) is 2.17. The van der Waals surface area contributed by atoms with Gasteiger partial charge in [-0.15, -0.1) is 0 Å². The van der Waals surface area contributed by atoms with E-state index >= 15 is 0 Å². The van der Waals surface area contributed by atoms with Crippen LogP contribution < -0.4 is 0 Å². The first kappa shape index (κ1) is 11.5. The van der Waals surface area contributed by atoms with Crippen LogP contribution in [-0.2, 0) is 4.79 Å². The van der Waals surface area contributed by atoms with Gasteiger partial charge < -0.3 is 5.11 Å². The van der Waals surface area contributed by atoms with Crippen LogP contribution in [-0.4, -0.2) is 11.1 Å². The third kappa shape index (κ3) is 3.98. The summed E-state index contributed by atoms with van der Waals surface area (Å²) in [6.45, 7) is 4.03. The van der Waals surface area contributed by atoms with Crippen molar-refractivity contribution >= 4 is 12.0 Å². The summed E-state index contributed by atoms with van der Waals surface area (Å²) in [4.78, 5) is 11.0. The second-order valence-corrected chi connectivity index (χ2v) is 3.98. The van der Waals surface area contributed by atoms with E-state index in [1.54, 1.807) is 6.08 Å². The molecule has 0 spiro atoms. The fraction of sp³-hybridized carbons (Fsp3) is 0.308. The molecule has 0 saturated heterocycles. The SMILES string of the molecule is CC(C)C/C(=C\c1ccccc1)C(=O)O. The monoisotopic (exact) mass is 204 g/mol. The molecule has 0 bridgehead atoms. The summed E-state index contributed by atoms with van der Waals surface area (Å²) < 4.78 is 0. The predicted octanol–water partition coefficient (Wildman–Crippen LogP) is 3.20. The van der Waals surface area contributed by atoms with Gasteiger partial charge in [0, 0.05) is 5.57 Å². The zero-order valence-corrected chi connectivity index (χ0v) is 9.10. The molecule has 2 heteroatoms. The van der Waals surface area contributed by atoms with Crippen LogP contribution in [0.1, 0.15) is 25.8 Å². The minimum absolute atomic E-state index is 0.357. The van der Waals surface area contributed by atoms with Crippen LogP contribution in [0.2, 0.25) is 0 Å². The fourth-order valence-corrected chi connectivity index (χ4v) is 1.40. The highest BCUT2D eigenvalue weighted by atomic mass is 16.4. The van der Waals surface area contributed by atoms with Crippen LogP contribution >= 0.6 is 0 Å². The van der Waals surface area contributed by atoms with Gasteiger partial charge >= 0.3 is 5.97 Å². The van der Waals surface area contributed by atoms with E-state index in [2.05, 4.69) is 0 Å². The van der Waals surface area contributed by atoms with Gasteiger partial charge in [0.25, 0.3) is 0 Å². The van der Waals surface area contributed by atoms with E-state index in [1.807, 2.05) is 44.2 Å². The number of benzene rings is 1. The number of carboxylic acids is 1. The third-order valence-corrected chi connectivity index (χ3v) is 2.04. The van der Waals surface area contributed by atoms with Crippen molar-refractivity contribution in [1.29, 1.82) is 0 Å². The summed E-state index contributed by atoms with van der Waals surface area (Å²) in [5.41, 5.74) is 1.41. The lowest BCUT2D eigenvalue weighted by molar-refractivity contribution is -0.132. The van der Waals surface area contributed by atoms with Gasteiger partial charge in [-0.1, -0.05) is 44.2 Å². The van der Waals surface area contributed by atoms with E-state index in [0.29, 0.717) is 17.9 Å². The minimum Gasteiger partial charge on any atom is -0.478 e. The second-order valence-electron chi connectivity index (χ2n) is 3.98. The zero-order chi connectivity index (χ0) is 11.3. The number of rotatable bonds is 4. The smallest absolute Gasteiger partial charge is 0.331 e. The lowest BCUT2D eigenvalue weighted by atomic mass is 10.0. The summed E-state index contributed by atoms with van der Waals surface area (Å²) in [6, 6.07) is 9.54. The molecule has 0 aliphatic heterocycles. The molecule has 15 heavy (non-hydrogen) atoms. The first-order chi connectivity index (χ1) is 7.09. The molecule has 0 aliphatic carbocycles. The van der Waals surface area contributed by atoms with Gasteiger partial charge in [-0.05, 0) is 24.0 Å². The van der Waals surface area contributed by atoms with Crippen LogP contribution in [0.5, 0.6) is 0 Å². The molecular weight excluding hydrogens is 188 g/mol. The average molecular weight is 204 g/mol. The highest BCUT2D eigenvalue weighted by Gasteiger charge is 2.09. The lowest BCUT2D eigenvalue weighted by Gasteiger charge is -2.05. The Labute approximate surface area is 90.3 Å². The molecule has 0 aromatic heterocycles. The van der Waals surface area contributed by atoms with E-state index in [0.717, 1.165) is 5.56 Å². The van der Waals surface area contributed by atoms with Crippen LogP contribution in [0.15, 0.2) is 35.9 Å². The topological polar surface area (TPSA) is 37.3 Å².